The summed E-state index contributed by atoms with van der Waals surface area (Å²) in [6.45, 7) is 0.397. The molecule has 0 radical (unpaired) electrons. The van der Waals surface area contributed by atoms with Gasteiger partial charge in [-0.05, 0) is 36.4 Å². The summed E-state index contributed by atoms with van der Waals surface area (Å²) in [5.74, 6) is 1.10. The zero-order valence-electron chi connectivity index (χ0n) is 17.7. The Morgan fingerprint density at radius 2 is 1.81 bits per heavy atom. The van der Waals surface area contributed by atoms with Gasteiger partial charge in [-0.15, -0.1) is 5.10 Å². The summed E-state index contributed by atoms with van der Waals surface area (Å²) in [6.07, 6.45) is 0. The molecule has 0 atom stereocenters. The molecule has 0 unspecified atom stereocenters. The van der Waals surface area contributed by atoms with E-state index in [1.165, 1.54) is 38.5 Å². The first kappa shape index (κ1) is 23.2. The Bertz CT molecular complexity index is 1180. The van der Waals surface area contributed by atoms with E-state index in [4.69, 9.17) is 14.2 Å². The van der Waals surface area contributed by atoms with Crippen LogP contribution in [0.2, 0.25) is 0 Å². The molecule has 0 aliphatic heterocycles. The number of rotatable bonds is 10. The summed E-state index contributed by atoms with van der Waals surface area (Å²) in [4.78, 5) is 16.8. The molecule has 2 aromatic carbocycles. The number of amides is 1. The van der Waals surface area contributed by atoms with Crippen molar-refractivity contribution in [1.29, 1.82) is 0 Å². The Hall–Kier alpha value is -3.48. The summed E-state index contributed by atoms with van der Waals surface area (Å²) < 4.78 is 42.2. The van der Waals surface area contributed by atoms with Crippen molar-refractivity contribution in [3.05, 3.63) is 48.0 Å². The summed E-state index contributed by atoms with van der Waals surface area (Å²) in [6, 6.07) is 10.7. The molecule has 0 saturated heterocycles. The first-order valence-electron chi connectivity index (χ1n) is 9.42. The molecule has 170 valence electrons. The standard InChI is InChI=1S/C20H23N5O6S/c1-29-11-10-21-32(27,28)15-7-4-13(5-8-15)19(26)23-20-22-18(24-25-20)16-9-6-14(30-2)12-17(16)31-3/h4-9,12,21H,10-11H2,1-3H3,(H2,22,23,24,25,26). The molecule has 1 amide bonds. The van der Waals surface area contributed by atoms with Gasteiger partial charge in [0.25, 0.3) is 5.91 Å². The van der Waals surface area contributed by atoms with Crippen LogP contribution in [-0.2, 0) is 14.8 Å². The second-order valence-corrected chi connectivity index (χ2v) is 8.21. The van der Waals surface area contributed by atoms with Crippen LogP contribution in [0.5, 0.6) is 11.5 Å². The lowest BCUT2D eigenvalue weighted by Crippen LogP contribution is -2.27. The molecule has 0 fully saturated rings. The number of benzene rings is 2. The highest BCUT2D eigenvalue weighted by Crippen LogP contribution is 2.31. The lowest BCUT2D eigenvalue weighted by atomic mass is 10.2. The molecule has 0 spiro atoms. The van der Waals surface area contributed by atoms with E-state index in [2.05, 4.69) is 25.2 Å². The zero-order chi connectivity index (χ0) is 23.1. The number of hydrogen-bond acceptors (Lipinski definition) is 8. The van der Waals surface area contributed by atoms with E-state index >= 15 is 0 Å². The average Bonchev–Trinajstić information content (AvgIpc) is 3.26. The van der Waals surface area contributed by atoms with Crippen LogP contribution in [0.15, 0.2) is 47.4 Å². The van der Waals surface area contributed by atoms with E-state index in [-0.39, 0.29) is 29.6 Å². The minimum atomic E-state index is -3.69. The molecule has 3 N–H and O–H groups in total. The van der Waals surface area contributed by atoms with Gasteiger partial charge in [-0.3, -0.25) is 15.2 Å². The number of anilines is 1. The molecule has 0 aliphatic rings. The maximum atomic E-state index is 12.5. The lowest BCUT2D eigenvalue weighted by Gasteiger charge is -2.08. The molecule has 1 aromatic heterocycles. The minimum absolute atomic E-state index is 0.0388. The number of carbonyl (C=O) groups excluding carboxylic acids is 1. The van der Waals surface area contributed by atoms with Crippen molar-refractivity contribution < 1.29 is 27.4 Å². The third-order valence-corrected chi connectivity index (χ3v) is 5.88. The number of nitrogens with one attached hydrogen (secondary N) is 3. The Balaban J connectivity index is 1.70. The summed E-state index contributed by atoms with van der Waals surface area (Å²) >= 11 is 0. The predicted molar refractivity (Wildman–Crippen MR) is 116 cm³/mol. The molecule has 32 heavy (non-hydrogen) atoms. The van der Waals surface area contributed by atoms with Crippen molar-refractivity contribution in [3.63, 3.8) is 0 Å². The van der Waals surface area contributed by atoms with E-state index in [0.29, 0.717) is 22.9 Å². The topological polar surface area (TPSA) is 145 Å². The van der Waals surface area contributed by atoms with Crippen molar-refractivity contribution in [1.82, 2.24) is 19.9 Å². The fourth-order valence-electron chi connectivity index (χ4n) is 2.75. The van der Waals surface area contributed by atoms with Crippen LogP contribution in [-0.4, -0.2) is 64.0 Å². The highest BCUT2D eigenvalue weighted by Gasteiger charge is 2.17. The number of aromatic amines is 1. The van der Waals surface area contributed by atoms with E-state index < -0.39 is 15.9 Å². The van der Waals surface area contributed by atoms with Crippen molar-refractivity contribution >= 4 is 21.9 Å². The van der Waals surface area contributed by atoms with Gasteiger partial charge >= 0.3 is 0 Å². The molecule has 3 aromatic rings. The van der Waals surface area contributed by atoms with Gasteiger partial charge < -0.3 is 14.2 Å². The lowest BCUT2D eigenvalue weighted by molar-refractivity contribution is 0.102. The second kappa shape index (κ2) is 10.2. The first-order chi connectivity index (χ1) is 15.4. The SMILES string of the molecule is COCCNS(=O)(=O)c1ccc(C(=O)Nc2n[nH]c(-c3ccc(OC)cc3OC)n2)cc1. The molecule has 1 heterocycles. The predicted octanol–water partition coefficient (Wildman–Crippen LogP) is 1.67. The van der Waals surface area contributed by atoms with Crippen LogP contribution in [0.3, 0.4) is 0 Å². The van der Waals surface area contributed by atoms with Gasteiger partial charge in [0.15, 0.2) is 5.82 Å². The molecule has 0 bridgehead atoms. The number of methoxy groups -OCH3 is 3. The molecule has 3 rings (SSSR count). The number of nitrogens with zero attached hydrogens (tertiary/aromatic N) is 2. The maximum absolute atomic E-state index is 12.5. The first-order valence-corrected chi connectivity index (χ1v) is 10.9. The number of ether oxygens (including phenoxy) is 3. The highest BCUT2D eigenvalue weighted by atomic mass is 32.2. The molecule has 0 saturated carbocycles. The quantitative estimate of drug-likeness (QED) is 0.387. The van der Waals surface area contributed by atoms with Crippen molar-refractivity contribution in [2.45, 2.75) is 4.90 Å². The van der Waals surface area contributed by atoms with E-state index in [9.17, 15) is 13.2 Å². The molecular weight excluding hydrogens is 438 g/mol. The summed E-state index contributed by atoms with van der Waals surface area (Å²) in [5, 5.41) is 9.32. The minimum Gasteiger partial charge on any atom is -0.497 e. The number of hydrogen-bond donors (Lipinski definition) is 3. The van der Waals surface area contributed by atoms with Crippen LogP contribution in [0.1, 0.15) is 10.4 Å². The fraction of sp³-hybridized carbons (Fsp3) is 0.250. The van der Waals surface area contributed by atoms with E-state index in [0.717, 1.165) is 0 Å². The van der Waals surface area contributed by atoms with Gasteiger partial charge in [-0.2, -0.15) is 4.98 Å². The monoisotopic (exact) mass is 461 g/mol. The van der Waals surface area contributed by atoms with Gasteiger partial charge in [0.1, 0.15) is 11.5 Å². The largest absolute Gasteiger partial charge is 0.497 e. The summed E-state index contributed by atoms with van der Waals surface area (Å²) in [5.41, 5.74) is 0.881. The Kier molecular flexibility index (Phi) is 7.41. The van der Waals surface area contributed by atoms with Crippen LogP contribution in [0, 0.1) is 0 Å². The number of carbonyl (C=O) groups is 1. The van der Waals surface area contributed by atoms with Gasteiger partial charge in [-0.25, -0.2) is 13.1 Å². The number of aromatic nitrogens is 3. The van der Waals surface area contributed by atoms with Crippen molar-refractivity contribution in [3.8, 4) is 22.9 Å². The average molecular weight is 462 g/mol. The van der Waals surface area contributed by atoms with Gasteiger partial charge in [0.05, 0.1) is 31.3 Å². The van der Waals surface area contributed by atoms with E-state index in [1.54, 1.807) is 25.3 Å². The van der Waals surface area contributed by atoms with Crippen molar-refractivity contribution in [2.24, 2.45) is 0 Å². The number of sulfonamides is 1. The van der Waals surface area contributed by atoms with Gasteiger partial charge in [-0.1, -0.05) is 0 Å². The molecule has 11 nitrogen and oxygen atoms in total. The Labute approximate surface area is 185 Å². The van der Waals surface area contributed by atoms with Crippen LogP contribution >= 0.6 is 0 Å². The third kappa shape index (κ3) is 5.41. The Morgan fingerprint density at radius 3 is 2.47 bits per heavy atom. The molecule has 0 aliphatic carbocycles. The zero-order valence-corrected chi connectivity index (χ0v) is 18.5. The molecular formula is C20H23N5O6S. The second-order valence-electron chi connectivity index (χ2n) is 6.44. The van der Waals surface area contributed by atoms with E-state index in [1.807, 2.05) is 0 Å². The molecule has 12 heteroatoms. The number of H-pyrrole nitrogens is 1. The summed E-state index contributed by atoms with van der Waals surface area (Å²) in [7, 11) is 0.868. The van der Waals surface area contributed by atoms with Gasteiger partial charge in [0.2, 0.25) is 16.0 Å². The van der Waals surface area contributed by atoms with Crippen molar-refractivity contribution in [2.75, 3.05) is 39.8 Å². The smallest absolute Gasteiger partial charge is 0.258 e. The normalized spacial score (nSPS) is 11.2. The fourth-order valence-corrected chi connectivity index (χ4v) is 3.77. The maximum Gasteiger partial charge on any atom is 0.258 e. The highest BCUT2D eigenvalue weighted by molar-refractivity contribution is 7.89. The van der Waals surface area contributed by atoms with Gasteiger partial charge in [0, 0.05) is 25.3 Å². The van der Waals surface area contributed by atoms with Crippen LogP contribution < -0.4 is 19.5 Å². The third-order valence-electron chi connectivity index (χ3n) is 4.40. The Morgan fingerprint density at radius 1 is 1.06 bits per heavy atom. The van der Waals surface area contributed by atoms with Crippen LogP contribution in [0.4, 0.5) is 5.95 Å². The van der Waals surface area contributed by atoms with Crippen LogP contribution in [0.25, 0.3) is 11.4 Å².